The second kappa shape index (κ2) is 4.82. The lowest BCUT2D eigenvalue weighted by atomic mass is 9.99. The summed E-state index contributed by atoms with van der Waals surface area (Å²) in [5.74, 6) is 0. The van der Waals surface area contributed by atoms with E-state index < -0.39 is 0 Å². The fraction of sp³-hybridized carbons (Fsp3) is 0.600. The van der Waals surface area contributed by atoms with Gasteiger partial charge in [-0.2, -0.15) is 0 Å². The topological polar surface area (TPSA) is 51.4 Å². The third-order valence-corrected chi connectivity index (χ3v) is 4.61. The lowest BCUT2D eigenvalue weighted by molar-refractivity contribution is -0.106. The molecule has 5 heteroatoms. The first-order chi connectivity index (χ1) is 9.85. The van der Waals surface area contributed by atoms with E-state index in [-0.39, 0.29) is 5.60 Å². The van der Waals surface area contributed by atoms with E-state index in [4.69, 9.17) is 9.37 Å². The number of benzene rings is 1. The predicted molar refractivity (Wildman–Crippen MR) is 74.2 cm³/mol. The smallest absolute Gasteiger partial charge is 0.139 e. The Labute approximate surface area is 117 Å². The molecule has 1 saturated heterocycles. The summed E-state index contributed by atoms with van der Waals surface area (Å²) in [6.07, 6.45) is 5.02. The SMILES string of the molecule is c1cc(CN2CCOC3(CCCC3)C2)c2nonc2c1. The van der Waals surface area contributed by atoms with Gasteiger partial charge in [-0.05, 0) is 34.8 Å². The van der Waals surface area contributed by atoms with Gasteiger partial charge in [-0.25, -0.2) is 4.63 Å². The monoisotopic (exact) mass is 273 g/mol. The zero-order valence-corrected chi connectivity index (χ0v) is 11.5. The molecule has 0 unspecified atom stereocenters. The van der Waals surface area contributed by atoms with Gasteiger partial charge >= 0.3 is 0 Å². The minimum atomic E-state index is 0.119. The molecular formula is C15H19N3O2. The Morgan fingerprint density at radius 2 is 2.10 bits per heavy atom. The Morgan fingerprint density at radius 3 is 3.00 bits per heavy atom. The summed E-state index contributed by atoms with van der Waals surface area (Å²) in [5, 5.41) is 7.94. The summed E-state index contributed by atoms with van der Waals surface area (Å²) in [6, 6.07) is 6.07. The number of morpholine rings is 1. The molecule has 106 valence electrons. The number of ether oxygens (including phenoxy) is 1. The first kappa shape index (κ1) is 12.3. The normalized spacial score (nSPS) is 22.8. The zero-order chi connectivity index (χ0) is 13.4. The van der Waals surface area contributed by atoms with Gasteiger partial charge in [-0.3, -0.25) is 4.90 Å². The largest absolute Gasteiger partial charge is 0.372 e. The molecule has 2 aliphatic rings. The Bertz CT molecular complexity index is 604. The van der Waals surface area contributed by atoms with Crippen LogP contribution in [0.1, 0.15) is 31.2 Å². The lowest BCUT2D eigenvalue weighted by Gasteiger charge is -2.40. The van der Waals surface area contributed by atoms with Gasteiger partial charge in [-0.1, -0.05) is 25.0 Å². The Balaban J connectivity index is 1.55. The van der Waals surface area contributed by atoms with E-state index in [1.807, 2.05) is 12.1 Å². The van der Waals surface area contributed by atoms with Gasteiger partial charge in [0, 0.05) is 19.6 Å². The Hall–Kier alpha value is -1.46. The number of hydrogen-bond acceptors (Lipinski definition) is 5. The van der Waals surface area contributed by atoms with Gasteiger partial charge in [0.1, 0.15) is 11.0 Å². The summed E-state index contributed by atoms with van der Waals surface area (Å²) < 4.78 is 10.9. The predicted octanol–water partition coefficient (Wildman–Crippen LogP) is 2.37. The van der Waals surface area contributed by atoms with Crippen molar-refractivity contribution in [1.82, 2.24) is 15.2 Å². The summed E-state index contributed by atoms with van der Waals surface area (Å²) in [6.45, 7) is 3.77. The van der Waals surface area contributed by atoms with Crippen molar-refractivity contribution < 1.29 is 9.37 Å². The van der Waals surface area contributed by atoms with Crippen LogP contribution in [0.5, 0.6) is 0 Å². The van der Waals surface area contributed by atoms with Crippen molar-refractivity contribution in [3.8, 4) is 0 Å². The number of nitrogens with zero attached hydrogens (tertiary/aromatic N) is 3. The molecule has 0 N–H and O–H groups in total. The molecule has 1 saturated carbocycles. The first-order valence-corrected chi connectivity index (χ1v) is 7.41. The van der Waals surface area contributed by atoms with Crippen molar-refractivity contribution in [2.24, 2.45) is 0 Å². The number of fused-ring (bicyclic) bond motifs is 1. The third kappa shape index (κ3) is 2.11. The molecular weight excluding hydrogens is 254 g/mol. The molecule has 0 bridgehead atoms. The van der Waals surface area contributed by atoms with Crippen molar-refractivity contribution in [1.29, 1.82) is 0 Å². The molecule has 4 rings (SSSR count). The first-order valence-electron chi connectivity index (χ1n) is 7.41. The average molecular weight is 273 g/mol. The van der Waals surface area contributed by atoms with Gasteiger partial charge in [-0.15, -0.1) is 0 Å². The molecule has 1 aromatic carbocycles. The molecule has 5 nitrogen and oxygen atoms in total. The van der Waals surface area contributed by atoms with Crippen LogP contribution < -0.4 is 0 Å². The summed E-state index contributed by atoms with van der Waals surface area (Å²) >= 11 is 0. The molecule has 0 radical (unpaired) electrons. The number of hydrogen-bond donors (Lipinski definition) is 0. The van der Waals surface area contributed by atoms with Crippen LogP contribution in [-0.2, 0) is 11.3 Å². The van der Waals surface area contributed by atoms with Crippen LogP contribution in [-0.4, -0.2) is 40.5 Å². The maximum atomic E-state index is 6.08. The molecule has 2 heterocycles. The highest BCUT2D eigenvalue weighted by Crippen LogP contribution is 2.36. The van der Waals surface area contributed by atoms with E-state index in [1.54, 1.807) is 0 Å². The van der Waals surface area contributed by atoms with Gasteiger partial charge < -0.3 is 4.74 Å². The number of aromatic nitrogens is 2. The second-order valence-electron chi connectivity index (χ2n) is 6.00. The van der Waals surface area contributed by atoms with Crippen LogP contribution in [0.2, 0.25) is 0 Å². The van der Waals surface area contributed by atoms with Crippen LogP contribution >= 0.6 is 0 Å². The van der Waals surface area contributed by atoms with E-state index in [0.717, 1.165) is 37.3 Å². The van der Waals surface area contributed by atoms with Crippen molar-refractivity contribution in [3.63, 3.8) is 0 Å². The van der Waals surface area contributed by atoms with Gasteiger partial charge in [0.2, 0.25) is 0 Å². The summed E-state index contributed by atoms with van der Waals surface area (Å²) in [4.78, 5) is 2.48. The van der Waals surface area contributed by atoms with Crippen molar-refractivity contribution in [2.75, 3.05) is 19.7 Å². The number of rotatable bonds is 2. The molecule has 1 aromatic heterocycles. The van der Waals surface area contributed by atoms with Crippen LogP contribution in [0.15, 0.2) is 22.8 Å². The Kier molecular flexibility index (Phi) is 2.97. The van der Waals surface area contributed by atoms with Crippen molar-refractivity contribution in [3.05, 3.63) is 23.8 Å². The molecule has 1 aliphatic carbocycles. The lowest BCUT2D eigenvalue weighted by Crippen LogP contribution is -2.49. The summed E-state index contributed by atoms with van der Waals surface area (Å²) in [7, 11) is 0. The third-order valence-electron chi connectivity index (χ3n) is 4.61. The van der Waals surface area contributed by atoms with Gasteiger partial charge in [0.05, 0.1) is 12.2 Å². The highest BCUT2D eigenvalue weighted by Gasteiger charge is 2.39. The fourth-order valence-electron chi connectivity index (χ4n) is 3.61. The minimum Gasteiger partial charge on any atom is -0.372 e. The van der Waals surface area contributed by atoms with E-state index >= 15 is 0 Å². The van der Waals surface area contributed by atoms with Gasteiger partial charge in [0.25, 0.3) is 0 Å². The maximum absolute atomic E-state index is 6.08. The standard InChI is InChI=1S/C15H19N3O2/c1-2-7-15(6-1)11-18(8-9-19-15)10-12-4-3-5-13-14(12)17-20-16-13/h3-5H,1-2,6-11H2. The van der Waals surface area contributed by atoms with E-state index in [1.165, 1.54) is 31.2 Å². The maximum Gasteiger partial charge on any atom is 0.139 e. The molecule has 2 aromatic rings. The molecule has 20 heavy (non-hydrogen) atoms. The molecule has 1 aliphatic heterocycles. The van der Waals surface area contributed by atoms with Crippen molar-refractivity contribution in [2.45, 2.75) is 37.8 Å². The molecule has 1 spiro atoms. The fourth-order valence-corrected chi connectivity index (χ4v) is 3.61. The van der Waals surface area contributed by atoms with E-state index in [0.29, 0.717) is 0 Å². The van der Waals surface area contributed by atoms with E-state index in [2.05, 4.69) is 21.3 Å². The van der Waals surface area contributed by atoms with Crippen LogP contribution in [0.3, 0.4) is 0 Å². The molecule has 2 fully saturated rings. The van der Waals surface area contributed by atoms with Gasteiger partial charge in [0.15, 0.2) is 0 Å². The summed E-state index contributed by atoms with van der Waals surface area (Å²) in [5.41, 5.74) is 3.04. The quantitative estimate of drug-likeness (QED) is 0.840. The van der Waals surface area contributed by atoms with E-state index in [9.17, 15) is 0 Å². The highest BCUT2D eigenvalue weighted by molar-refractivity contribution is 5.76. The minimum absolute atomic E-state index is 0.119. The molecule has 0 amide bonds. The average Bonchev–Trinajstić information content (AvgIpc) is 3.09. The zero-order valence-electron chi connectivity index (χ0n) is 11.5. The Morgan fingerprint density at radius 1 is 1.20 bits per heavy atom. The van der Waals surface area contributed by atoms with Crippen LogP contribution in [0.4, 0.5) is 0 Å². The van der Waals surface area contributed by atoms with Crippen LogP contribution in [0, 0.1) is 0 Å². The highest BCUT2D eigenvalue weighted by atomic mass is 16.6. The van der Waals surface area contributed by atoms with Crippen molar-refractivity contribution >= 4 is 11.0 Å². The second-order valence-corrected chi connectivity index (χ2v) is 6.00. The molecule has 0 atom stereocenters. The van der Waals surface area contributed by atoms with Crippen LogP contribution in [0.25, 0.3) is 11.0 Å².